The fourth-order valence-electron chi connectivity index (χ4n) is 16.2. The van der Waals surface area contributed by atoms with Crippen molar-refractivity contribution in [2.24, 2.45) is 17.2 Å². The van der Waals surface area contributed by atoms with Crippen LogP contribution >= 0.6 is 0 Å². The lowest BCUT2D eigenvalue weighted by Crippen LogP contribution is -2.58. The number of carbonyl (C=O) groups excluding carboxylic acids is 21. The zero-order chi connectivity index (χ0) is 102. The highest BCUT2D eigenvalue weighted by Gasteiger charge is 2.46. The standard InChI is InChI=1S/C80H119N23O34/c81-22-2-1-9-41(93-67(124)40(82)16-20-61(112)113)68(125)84-32-55(106)91-43(18-21-62(114)115)79(136)102-27-6-10-48(102)74(131)85-33-56(107)92-46(31-65(120)121)73(130)95-44(29-63(116)117)70(127)86-34-57(108)100-25-5-14-52(100)78(135)97-47(39-104)72(129)88-35-58(109)99-24-4-13-51(99)77(134)96-45(30-64(118)119)71(128)87-36-60(111)101-26-8-15-53(101)80(137)103-28-7-11-49(103)75(132)89-37-59(110)98-23-3-12-50(98)76(133)94-42(17-19-54(83)105)69(126)90-38-66(122)123/h40-53,104H,1-39,81-82H2,(H2,83,105)(H,84,125)(H,85,131)(H,86,127)(H,87,128)(H,88,129)(H,89,132)(H,90,126)(H,91,106)(H,92,107)(H,93,124)(H,94,133)(H,95,130)(H,96,134)(H,97,135)(H,112,113)(H,114,115)(H,116,117)(H,118,119)(H,120,121)(H,122,123)/t40-,41-,42-,43-,44-,45-,46-,47-,48-,49-,50-,51-,52-,53-/m0/s1. The van der Waals surface area contributed by atoms with Crippen LogP contribution in [0.4, 0.5) is 0 Å². The maximum absolute atomic E-state index is 14.2. The molecule has 758 valence electrons. The van der Waals surface area contributed by atoms with E-state index in [-0.39, 0.29) is 129 Å². The summed E-state index contributed by atoms with van der Waals surface area (Å²) in [6, 6.07) is -21.1. The van der Waals surface area contributed by atoms with Gasteiger partial charge in [-0.05, 0) is 122 Å². The maximum atomic E-state index is 14.2. The van der Waals surface area contributed by atoms with Crippen LogP contribution in [0.15, 0.2) is 0 Å². The van der Waals surface area contributed by atoms with Crippen LogP contribution in [-0.2, 0) is 129 Å². The highest BCUT2D eigenvalue weighted by molar-refractivity contribution is 6.03. The van der Waals surface area contributed by atoms with Crippen LogP contribution < -0.4 is 91.6 Å². The molecule has 0 saturated carbocycles. The van der Waals surface area contributed by atoms with E-state index in [1.165, 1.54) is 9.80 Å². The minimum atomic E-state index is -2.11. The summed E-state index contributed by atoms with van der Waals surface area (Å²) in [7, 11) is 0. The van der Waals surface area contributed by atoms with Crippen molar-refractivity contribution in [3.63, 3.8) is 0 Å². The summed E-state index contributed by atoms with van der Waals surface area (Å²) in [5, 5.41) is 98.4. The fraction of sp³-hybridized carbons (Fsp3) is 0.662. The van der Waals surface area contributed by atoms with Gasteiger partial charge in [0.15, 0.2) is 0 Å². The van der Waals surface area contributed by atoms with Crippen LogP contribution in [0.5, 0.6) is 0 Å². The van der Waals surface area contributed by atoms with Crippen molar-refractivity contribution in [3.05, 3.63) is 0 Å². The van der Waals surface area contributed by atoms with Gasteiger partial charge in [-0.3, -0.25) is 129 Å². The molecule has 0 unspecified atom stereocenters. The number of nitrogens with one attached hydrogen (secondary N) is 14. The highest BCUT2D eigenvalue weighted by Crippen LogP contribution is 2.28. The molecule has 0 bridgehead atoms. The minimum Gasteiger partial charge on any atom is -0.481 e. The monoisotopic (exact) mass is 1950 g/mol. The quantitative estimate of drug-likeness (QED) is 0.0251. The summed E-state index contributed by atoms with van der Waals surface area (Å²) in [4.78, 5) is 359. The Morgan fingerprint density at radius 3 is 1.05 bits per heavy atom. The van der Waals surface area contributed by atoms with Gasteiger partial charge in [-0.1, -0.05) is 0 Å². The van der Waals surface area contributed by atoms with E-state index in [0.29, 0.717) is 32.1 Å². The number of nitrogens with two attached hydrogens (primary N) is 3. The molecule has 0 radical (unpaired) electrons. The fourth-order valence-corrected chi connectivity index (χ4v) is 16.2. The van der Waals surface area contributed by atoms with Crippen molar-refractivity contribution >= 4 is 160 Å². The number of likely N-dealkylation sites (tertiary alicyclic amines) is 6. The molecule has 57 heteroatoms. The molecular formula is C80H119N23O34. The summed E-state index contributed by atoms with van der Waals surface area (Å²) < 4.78 is 0. The largest absolute Gasteiger partial charge is 0.481 e. The smallest absolute Gasteiger partial charge is 0.322 e. The number of primary amides is 1. The van der Waals surface area contributed by atoms with Gasteiger partial charge < -0.3 is 157 Å². The molecule has 6 saturated heterocycles. The lowest BCUT2D eigenvalue weighted by molar-refractivity contribution is -0.147. The van der Waals surface area contributed by atoms with Crippen LogP contribution in [0.2, 0.25) is 0 Å². The summed E-state index contributed by atoms with van der Waals surface area (Å²) in [5.41, 5.74) is 16.6. The third kappa shape index (κ3) is 35.1. The lowest BCUT2D eigenvalue weighted by Gasteiger charge is -2.31. The molecule has 137 heavy (non-hydrogen) atoms. The van der Waals surface area contributed by atoms with E-state index in [1.54, 1.807) is 0 Å². The second-order valence-electron chi connectivity index (χ2n) is 33.1. The average molecular weight is 1950 g/mol. The van der Waals surface area contributed by atoms with E-state index in [9.17, 15) is 155 Å². The molecule has 6 heterocycles. The highest BCUT2D eigenvalue weighted by atomic mass is 16.4. The molecular weight excluding hydrogens is 1830 g/mol. The van der Waals surface area contributed by atoms with E-state index in [2.05, 4.69) is 63.8 Å². The normalized spacial score (nSPS) is 19.4. The Bertz CT molecular complexity index is 4540. The number of carboxylic acid groups (broad SMARTS) is 6. The van der Waals surface area contributed by atoms with E-state index in [0.717, 1.165) is 19.6 Å². The average Bonchev–Trinajstić information content (AvgIpc) is 1.66. The van der Waals surface area contributed by atoms with Crippen molar-refractivity contribution in [1.29, 1.82) is 0 Å². The predicted molar refractivity (Wildman–Crippen MR) is 458 cm³/mol. The minimum absolute atomic E-state index is 0.00569. The zero-order valence-corrected chi connectivity index (χ0v) is 74.7. The summed E-state index contributed by atoms with van der Waals surface area (Å²) >= 11 is 0. The van der Waals surface area contributed by atoms with Crippen LogP contribution in [0.3, 0.4) is 0 Å². The second-order valence-corrected chi connectivity index (χ2v) is 33.1. The molecule has 21 amide bonds. The summed E-state index contributed by atoms with van der Waals surface area (Å²) in [5.74, 6) is -29.7. The number of unbranched alkanes of at least 4 members (excludes halogenated alkanes) is 1. The van der Waals surface area contributed by atoms with Gasteiger partial charge in [0.25, 0.3) is 0 Å². The van der Waals surface area contributed by atoms with Gasteiger partial charge >= 0.3 is 35.8 Å². The molecule has 0 aromatic rings. The van der Waals surface area contributed by atoms with Gasteiger partial charge in [0.2, 0.25) is 124 Å². The first-order chi connectivity index (χ1) is 64.8. The van der Waals surface area contributed by atoms with Gasteiger partial charge in [-0.2, -0.15) is 0 Å². The Kier molecular flexibility index (Phi) is 44.5. The van der Waals surface area contributed by atoms with Gasteiger partial charge in [0, 0.05) is 58.5 Å². The number of hydrogen-bond acceptors (Lipinski definition) is 30. The SMILES string of the molecule is NCCCC[C@H](NC(=O)[C@@H](N)CCC(=O)O)C(=O)NCC(=O)N[C@@H](CCC(=O)O)C(=O)N1CCC[C@H]1C(=O)NCC(=O)N[C@@H](CC(=O)O)C(=O)N[C@@H](CC(=O)O)C(=O)NCC(=O)N1CCC[C@H]1C(=O)N[C@@H](CO)C(=O)NCC(=O)N1CCC[C@H]1C(=O)N[C@@H](CC(=O)O)C(=O)NCC(=O)N1CCC[C@H]1C(=O)N1CCC[C@H]1C(=O)NCC(=O)N1CCC[C@H]1C(=O)N[C@@H](CCC(N)=O)C(=O)NCC(=O)O. The van der Waals surface area contributed by atoms with Crippen molar-refractivity contribution < 1.29 is 165 Å². The van der Waals surface area contributed by atoms with Crippen LogP contribution in [-0.4, -0.2) is 408 Å². The number of aliphatic carboxylic acids is 6. The molecule has 0 spiro atoms. The van der Waals surface area contributed by atoms with Gasteiger partial charge in [0.05, 0.1) is 71.2 Å². The number of amides is 21. The number of aliphatic hydroxyl groups excluding tert-OH is 1. The van der Waals surface area contributed by atoms with Crippen molar-refractivity contribution in [1.82, 2.24) is 104 Å². The van der Waals surface area contributed by atoms with Gasteiger partial charge in [-0.15, -0.1) is 0 Å². The van der Waals surface area contributed by atoms with Crippen LogP contribution in [0, 0.1) is 0 Å². The third-order valence-electron chi connectivity index (χ3n) is 23.1. The maximum Gasteiger partial charge on any atom is 0.322 e. The summed E-state index contributed by atoms with van der Waals surface area (Å²) in [6.45, 7) is -7.13. The Hall–Kier alpha value is -14.4. The molecule has 27 N–H and O–H groups in total. The number of aliphatic hydroxyl groups is 1. The Morgan fingerprint density at radius 1 is 0.292 bits per heavy atom. The molecule has 6 aliphatic rings. The van der Waals surface area contributed by atoms with E-state index < -0.39 is 335 Å². The van der Waals surface area contributed by atoms with E-state index in [4.69, 9.17) is 27.4 Å². The molecule has 6 aliphatic heterocycles. The number of nitrogens with zero attached hydrogens (tertiary/aromatic N) is 6. The molecule has 57 nitrogen and oxygen atoms in total. The zero-order valence-electron chi connectivity index (χ0n) is 74.7. The van der Waals surface area contributed by atoms with Crippen LogP contribution in [0.25, 0.3) is 0 Å². The number of rotatable bonds is 55. The predicted octanol–water partition coefficient (Wildman–Crippen LogP) is -13.9. The lowest BCUT2D eigenvalue weighted by atomic mass is 10.1. The van der Waals surface area contributed by atoms with Gasteiger partial charge in [0.1, 0.15) is 85.1 Å². The first-order valence-corrected chi connectivity index (χ1v) is 44.3. The molecule has 6 fully saturated rings. The van der Waals surface area contributed by atoms with Crippen molar-refractivity contribution in [3.8, 4) is 0 Å². The van der Waals surface area contributed by atoms with E-state index >= 15 is 0 Å². The molecule has 0 aromatic heterocycles. The number of hydrogen-bond donors (Lipinski definition) is 24. The van der Waals surface area contributed by atoms with Crippen molar-refractivity contribution in [2.45, 2.75) is 239 Å². The molecule has 6 rings (SSSR count). The Labute approximate surface area is 780 Å². The van der Waals surface area contributed by atoms with Gasteiger partial charge in [-0.25, -0.2) is 0 Å². The number of carbonyl (C=O) groups is 27. The Morgan fingerprint density at radius 2 is 0.613 bits per heavy atom. The first kappa shape index (κ1) is 111. The van der Waals surface area contributed by atoms with E-state index in [1.807, 2.05) is 10.6 Å². The van der Waals surface area contributed by atoms with Crippen LogP contribution in [0.1, 0.15) is 154 Å². The topological polar surface area (TPSA) is 868 Å². The summed E-state index contributed by atoms with van der Waals surface area (Å²) in [6.07, 6.45) is -3.68. The first-order valence-electron chi connectivity index (χ1n) is 44.3. The molecule has 0 aliphatic carbocycles. The second kappa shape index (κ2) is 54.8. The molecule has 0 aromatic carbocycles. The van der Waals surface area contributed by atoms with Crippen molar-refractivity contribution in [2.75, 3.05) is 98.2 Å². The third-order valence-corrected chi connectivity index (χ3v) is 23.1. The molecule has 14 atom stereocenters. The number of carboxylic acids is 6. The Balaban J connectivity index is 0.951.